The molecule has 0 amide bonds. The predicted molar refractivity (Wildman–Crippen MR) is 55.2 cm³/mol. The van der Waals surface area contributed by atoms with Gasteiger partial charge in [-0.2, -0.15) is 11.8 Å². The van der Waals surface area contributed by atoms with E-state index in [0.29, 0.717) is 0 Å². The second kappa shape index (κ2) is 3.75. The highest BCUT2D eigenvalue weighted by molar-refractivity contribution is 8.00. The van der Waals surface area contributed by atoms with Crippen LogP contribution in [0.15, 0.2) is 0 Å². The molecule has 2 saturated heterocycles. The number of hydrogen-bond donors (Lipinski definition) is 0. The van der Waals surface area contributed by atoms with Crippen LogP contribution in [0, 0.1) is 18.3 Å². The molecule has 2 atom stereocenters. The van der Waals surface area contributed by atoms with Gasteiger partial charge in [-0.3, -0.25) is 0 Å². The summed E-state index contributed by atoms with van der Waals surface area (Å²) in [6.45, 7) is 0. The summed E-state index contributed by atoms with van der Waals surface area (Å²) in [6.07, 6.45) is 13.5. The first-order chi connectivity index (χ1) is 5.88. The Labute approximate surface area is 79.5 Å². The molecule has 2 aliphatic rings. The average molecular weight is 180 g/mol. The molecule has 2 bridgehead atoms. The Kier molecular flexibility index (Phi) is 2.66. The molecule has 0 saturated carbocycles. The lowest BCUT2D eigenvalue weighted by Crippen LogP contribution is -2.28. The summed E-state index contributed by atoms with van der Waals surface area (Å²) in [5, 5.41) is 1.91. The third kappa shape index (κ3) is 1.80. The highest BCUT2D eigenvalue weighted by Gasteiger charge is 2.31. The summed E-state index contributed by atoms with van der Waals surface area (Å²) >= 11 is 2.23. The molecule has 2 rings (SSSR count). The first-order valence-corrected chi connectivity index (χ1v) is 5.91. The number of hydrogen-bond acceptors (Lipinski definition) is 1. The molecule has 2 aliphatic heterocycles. The molecule has 0 spiro atoms. The van der Waals surface area contributed by atoms with Gasteiger partial charge < -0.3 is 0 Å². The molecular formula is C11H16S. The minimum absolute atomic E-state index is 0.853. The van der Waals surface area contributed by atoms with Crippen molar-refractivity contribution >= 4 is 11.8 Å². The van der Waals surface area contributed by atoms with Crippen molar-refractivity contribution in [2.45, 2.75) is 49.0 Å². The fourth-order valence-corrected chi connectivity index (χ4v) is 4.42. The highest BCUT2D eigenvalue weighted by Crippen LogP contribution is 2.44. The van der Waals surface area contributed by atoms with Crippen LogP contribution in [0.1, 0.15) is 38.5 Å². The molecule has 0 nitrogen and oxygen atoms in total. The second-order valence-corrected chi connectivity index (χ2v) is 5.66. The first kappa shape index (κ1) is 8.51. The Bertz CT molecular complexity index is 180. The standard InChI is InChI=1S/C11H16S/c1-2-4-9-7-10-5-3-6-11(8-9)12-10/h1,9-11H,3-8H2. The number of terminal acetylenes is 1. The average Bonchev–Trinajstić information content (AvgIpc) is 2.04. The lowest BCUT2D eigenvalue weighted by Gasteiger charge is -2.38. The number of rotatable bonds is 1. The molecule has 2 unspecified atom stereocenters. The Morgan fingerprint density at radius 1 is 1.25 bits per heavy atom. The van der Waals surface area contributed by atoms with Crippen LogP contribution in [0.2, 0.25) is 0 Å². The summed E-state index contributed by atoms with van der Waals surface area (Å²) < 4.78 is 0. The molecule has 1 heteroatoms. The van der Waals surface area contributed by atoms with E-state index in [1.807, 2.05) is 0 Å². The van der Waals surface area contributed by atoms with E-state index < -0.39 is 0 Å². The van der Waals surface area contributed by atoms with Gasteiger partial charge in [0, 0.05) is 16.9 Å². The van der Waals surface area contributed by atoms with Crippen LogP contribution in [0.3, 0.4) is 0 Å². The summed E-state index contributed by atoms with van der Waals surface area (Å²) in [7, 11) is 0. The fraction of sp³-hybridized carbons (Fsp3) is 0.818. The Balaban J connectivity index is 1.92. The molecule has 0 radical (unpaired) electrons. The largest absolute Gasteiger partial charge is 0.155 e. The van der Waals surface area contributed by atoms with Gasteiger partial charge in [0.05, 0.1) is 0 Å². The second-order valence-electron chi connectivity index (χ2n) is 4.06. The zero-order valence-corrected chi connectivity index (χ0v) is 8.28. The summed E-state index contributed by atoms with van der Waals surface area (Å²) in [5.74, 6) is 3.67. The van der Waals surface area contributed by atoms with Gasteiger partial charge in [-0.1, -0.05) is 6.42 Å². The van der Waals surface area contributed by atoms with Crippen molar-refractivity contribution in [3.63, 3.8) is 0 Å². The van der Waals surface area contributed by atoms with Gasteiger partial charge in [-0.05, 0) is 31.6 Å². The van der Waals surface area contributed by atoms with E-state index in [4.69, 9.17) is 6.42 Å². The maximum Gasteiger partial charge on any atom is 0.0115 e. The van der Waals surface area contributed by atoms with E-state index in [-0.39, 0.29) is 0 Å². The number of fused-ring (bicyclic) bond motifs is 2. The van der Waals surface area contributed by atoms with Gasteiger partial charge in [0.25, 0.3) is 0 Å². The van der Waals surface area contributed by atoms with Gasteiger partial charge in [0.15, 0.2) is 0 Å². The van der Waals surface area contributed by atoms with Crippen LogP contribution in [0.25, 0.3) is 0 Å². The fourth-order valence-electron chi connectivity index (χ4n) is 2.50. The zero-order chi connectivity index (χ0) is 8.39. The van der Waals surface area contributed by atoms with E-state index in [0.717, 1.165) is 22.8 Å². The van der Waals surface area contributed by atoms with Crippen molar-refractivity contribution in [1.29, 1.82) is 0 Å². The third-order valence-electron chi connectivity index (χ3n) is 3.04. The summed E-state index contributed by atoms with van der Waals surface area (Å²) in [6, 6.07) is 0. The van der Waals surface area contributed by atoms with Gasteiger partial charge in [-0.15, -0.1) is 12.3 Å². The van der Waals surface area contributed by atoms with Gasteiger partial charge in [0.2, 0.25) is 0 Å². The topological polar surface area (TPSA) is 0 Å². The Morgan fingerprint density at radius 3 is 2.50 bits per heavy atom. The smallest absolute Gasteiger partial charge is 0.0115 e. The van der Waals surface area contributed by atoms with Crippen molar-refractivity contribution < 1.29 is 0 Å². The molecule has 12 heavy (non-hydrogen) atoms. The maximum absolute atomic E-state index is 5.35. The molecule has 66 valence electrons. The molecule has 0 aromatic carbocycles. The highest BCUT2D eigenvalue weighted by atomic mass is 32.2. The third-order valence-corrected chi connectivity index (χ3v) is 4.66. The van der Waals surface area contributed by atoms with Gasteiger partial charge in [-0.25, -0.2) is 0 Å². The van der Waals surface area contributed by atoms with Crippen molar-refractivity contribution in [3.05, 3.63) is 0 Å². The van der Waals surface area contributed by atoms with Crippen LogP contribution < -0.4 is 0 Å². The van der Waals surface area contributed by atoms with E-state index in [9.17, 15) is 0 Å². The quantitative estimate of drug-likeness (QED) is 0.559. The lowest BCUT2D eigenvalue weighted by molar-refractivity contribution is 0.376. The zero-order valence-electron chi connectivity index (χ0n) is 7.46. The number of thioether (sulfide) groups is 1. The molecule has 2 fully saturated rings. The van der Waals surface area contributed by atoms with Crippen LogP contribution in [0.4, 0.5) is 0 Å². The lowest BCUT2D eigenvalue weighted by atomic mass is 9.88. The summed E-state index contributed by atoms with van der Waals surface area (Å²) in [4.78, 5) is 0. The van der Waals surface area contributed by atoms with Crippen molar-refractivity contribution in [2.75, 3.05) is 0 Å². The van der Waals surface area contributed by atoms with E-state index in [1.54, 1.807) is 0 Å². The molecule has 0 aromatic heterocycles. The van der Waals surface area contributed by atoms with Crippen LogP contribution in [0.5, 0.6) is 0 Å². The molecule has 0 aliphatic carbocycles. The minimum Gasteiger partial charge on any atom is -0.155 e. The maximum atomic E-state index is 5.35. The van der Waals surface area contributed by atoms with Gasteiger partial charge >= 0.3 is 0 Å². The van der Waals surface area contributed by atoms with E-state index in [2.05, 4.69) is 17.7 Å². The molecule has 0 N–H and O–H groups in total. The molecular weight excluding hydrogens is 164 g/mol. The molecule has 0 aromatic rings. The van der Waals surface area contributed by atoms with E-state index >= 15 is 0 Å². The predicted octanol–water partition coefficient (Wildman–Crippen LogP) is 3.07. The Morgan fingerprint density at radius 2 is 1.92 bits per heavy atom. The molecule has 2 heterocycles. The van der Waals surface area contributed by atoms with Gasteiger partial charge in [0.1, 0.15) is 0 Å². The summed E-state index contributed by atoms with van der Waals surface area (Å²) in [5.41, 5.74) is 0. The van der Waals surface area contributed by atoms with Crippen molar-refractivity contribution in [2.24, 2.45) is 5.92 Å². The van der Waals surface area contributed by atoms with Crippen molar-refractivity contribution in [1.82, 2.24) is 0 Å². The van der Waals surface area contributed by atoms with Crippen LogP contribution in [-0.4, -0.2) is 10.5 Å². The van der Waals surface area contributed by atoms with Crippen molar-refractivity contribution in [3.8, 4) is 12.3 Å². The minimum atomic E-state index is 0.853. The monoisotopic (exact) mass is 180 g/mol. The first-order valence-electron chi connectivity index (χ1n) is 4.97. The van der Waals surface area contributed by atoms with E-state index in [1.165, 1.54) is 32.1 Å². The Hall–Kier alpha value is -0.0900. The SMILES string of the molecule is C#CCC1CC2CCCC(C1)S2. The normalized spacial score (nSPS) is 40.4. The van der Waals surface area contributed by atoms with Crippen LogP contribution >= 0.6 is 11.8 Å². The van der Waals surface area contributed by atoms with Crippen LogP contribution in [-0.2, 0) is 0 Å².